The third kappa shape index (κ3) is 8.80. The van der Waals surface area contributed by atoms with Gasteiger partial charge in [0.1, 0.15) is 11.6 Å². The van der Waals surface area contributed by atoms with E-state index in [1.165, 1.54) is 19.2 Å². The SMILES string of the molecule is COc1cc(C(C)(C)c2cnc(SCc3c(F)cc(S(=O)(=O)NCCCC[I-](C)(C)C)cc3F)n2-c2ccc(F)cc2)ccc1Cl. The van der Waals surface area contributed by atoms with Gasteiger partial charge >= 0.3 is 141 Å². The summed E-state index contributed by atoms with van der Waals surface area (Å²) in [6.45, 7) is 4.18. The van der Waals surface area contributed by atoms with E-state index < -0.39 is 56.2 Å². The number of ether oxygens (including phenoxy) is 1. The molecule has 0 aliphatic rings. The second kappa shape index (κ2) is 14.9. The van der Waals surface area contributed by atoms with Gasteiger partial charge in [0.15, 0.2) is 5.16 Å². The number of nitrogens with one attached hydrogen (secondary N) is 1. The molecule has 0 fully saturated rings. The number of thioether (sulfide) groups is 1. The van der Waals surface area contributed by atoms with E-state index in [0.717, 1.165) is 46.0 Å². The Bertz CT molecular complexity index is 1770. The summed E-state index contributed by atoms with van der Waals surface area (Å²) in [7, 11) is -2.55. The van der Waals surface area contributed by atoms with Gasteiger partial charge in [-0.3, -0.25) is 4.57 Å². The minimum Gasteiger partial charge on any atom is -0.291 e. The molecule has 0 aliphatic heterocycles. The van der Waals surface area contributed by atoms with Crippen molar-refractivity contribution in [1.82, 2.24) is 14.3 Å². The monoisotopic (exact) mass is 808 g/mol. The summed E-state index contributed by atoms with van der Waals surface area (Å²) in [4.78, 5) is 11.0. The zero-order valence-electron chi connectivity index (χ0n) is 26.6. The molecule has 1 N–H and O–H groups in total. The number of halogens is 5. The van der Waals surface area contributed by atoms with Crippen LogP contribution in [0.1, 0.15) is 43.5 Å². The average molecular weight is 809 g/mol. The number of benzene rings is 3. The fourth-order valence-electron chi connectivity index (χ4n) is 4.83. The molecule has 6 nitrogen and oxygen atoms in total. The number of imidazole rings is 1. The van der Waals surface area contributed by atoms with Crippen molar-refractivity contribution in [3.05, 3.63) is 100 Å². The maximum atomic E-state index is 15.3. The Labute approximate surface area is 283 Å². The fraction of sp³-hybridized carbons (Fsp3) is 0.364. The number of alkyl halides is 4. The molecule has 0 unspecified atom stereocenters. The normalized spacial score (nSPS) is 12.8. The quantitative estimate of drug-likeness (QED) is 0.0869. The van der Waals surface area contributed by atoms with Gasteiger partial charge in [0.05, 0.1) is 24.0 Å². The Morgan fingerprint density at radius 2 is 1.65 bits per heavy atom. The Morgan fingerprint density at radius 1 is 1.00 bits per heavy atom. The van der Waals surface area contributed by atoms with Crippen molar-refractivity contribution in [2.45, 2.75) is 47.9 Å². The zero-order chi connectivity index (χ0) is 33.9. The summed E-state index contributed by atoms with van der Waals surface area (Å²) >= 11 is 5.70. The third-order valence-corrected chi connectivity index (χ3v) is 14.2. The first-order chi connectivity index (χ1) is 21.5. The predicted molar refractivity (Wildman–Crippen MR) is 177 cm³/mol. The molecule has 13 heteroatoms. The fourth-order valence-corrected chi connectivity index (χ4v) is 9.96. The van der Waals surface area contributed by atoms with Gasteiger partial charge in [0, 0.05) is 11.1 Å². The second-order valence-corrected chi connectivity index (χ2v) is 27.3. The molecule has 0 saturated heterocycles. The summed E-state index contributed by atoms with van der Waals surface area (Å²) < 4.78 is 80.8. The van der Waals surface area contributed by atoms with Crippen molar-refractivity contribution >= 4 is 33.4 Å². The molecular weight excluding hydrogens is 770 g/mol. The van der Waals surface area contributed by atoms with Crippen LogP contribution in [0, 0.1) is 17.5 Å². The molecule has 0 aliphatic carbocycles. The minimum atomic E-state index is -4.08. The molecule has 0 saturated carbocycles. The zero-order valence-corrected chi connectivity index (χ0v) is 31.2. The Kier molecular flexibility index (Phi) is 11.8. The predicted octanol–water partition coefficient (Wildman–Crippen LogP) is 4.68. The summed E-state index contributed by atoms with van der Waals surface area (Å²) in [6, 6.07) is 13.0. The molecule has 1 aromatic heterocycles. The van der Waals surface area contributed by atoms with Crippen LogP contribution in [-0.2, 0) is 21.2 Å². The Balaban J connectivity index is 1.60. The van der Waals surface area contributed by atoms with Crippen molar-refractivity contribution in [3.8, 4) is 11.4 Å². The number of nitrogens with zero attached hydrogens (tertiary/aromatic N) is 2. The van der Waals surface area contributed by atoms with E-state index in [1.54, 1.807) is 24.4 Å². The largest absolute Gasteiger partial charge is 0.291 e. The first-order valence-corrected chi connectivity index (χ1v) is 25.2. The average Bonchev–Trinajstić information content (AvgIpc) is 3.41. The number of hydrogen-bond donors (Lipinski definition) is 1. The van der Waals surface area contributed by atoms with Crippen LogP contribution in [0.5, 0.6) is 5.75 Å². The molecule has 0 atom stereocenters. The van der Waals surface area contributed by atoms with E-state index in [4.69, 9.17) is 16.3 Å². The van der Waals surface area contributed by atoms with Crippen LogP contribution in [0.15, 0.2) is 70.8 Å². The number of aromatic nitrogens is 2. The van der Waals surface area contributed by atoms with Gasteiger partial charge in [-0.2, -0.15) is 0 Å². The van der Waals surface area contributed by atoms with Crippen molar-refractivity contribution in [3.63, 3.8) is 0 Å². The van der Waals surface area contributed by atoms with Crippen molar-refractivity contribution in [2.24, 2.45) is 0 Å². The van der Waals surface area contributed by atoms with Crippen molar-refractivity contribution in [2.75, 3.05) is 32.9 Å². The summed E-state index contributed by atoms with van der Waals surface area (Å²) in [5, 5.41) is 0.869. The molecule has 4 aromatic rings. The van der Waals surface area contributed by atoms with Crippen LogP contribution in [0.3, 0.4) is 0 Å². The van der Waals surface area contributed by atoms with E-state index >= 15 is 8.78 Å². The molecule has 46 heavy (non-hydrogen) atoms. The minimum absolute atomic E-state index is 0.171. The van der Waals surface area contributed by atoms with Gasteiger partial charge in [0.2, 0.25) is 0 Å². The van der Waals surface area contributed by atoms with Crippen LogP contribution in [-0.4, -0.2) is 50.8 Å². The molecule has 0 spiro atoms. The van der Waals surface area contributed by atoms with Gasteiger partial charge in [-0.05, 0) is 42.0 Å². The van der Waals surface area contributed by atoms with Crippen molar-refractivity contribution < 1.29 is 44.8 Å². The van der Waals surface area contributed by atoms with E-state index in [0.29, 0.717) is 28.0 Å². The van der Waals surface area contributed by atoms with Crippen LogP contribution < -0.4 is 27.9 Å². The third-order valence-electron chi connectivity index (χ3n) is 7.52. The molecule has 0 radical (unpaired) electrons. The van der Waals surface area contributed by atoms with Crippen LogP contribution in [0.4, 0.5) is 13.2 Å². The first-order valence-electron chi connectivity index (χ1n) is 14.4. The molecular formula is C33H39ClF3IN3O3S2-. The standard InChI is InChI=1S/C33H39ClF3IN3O3S2/c1-33(2,22-9-14-27(34)30(17-22)44-6)31-20-39-32(41(31)24-12-10-23(35)11-13-24)45-21-26-28(36)18-25(19-29(26)37)46(42,43)40-16-8-7-15-38(3,4)5/h9-14,17-20,40H,7-8,15-16,21H2,1-6H3/q-1. The molecule has 0 bridgehead atoms. The van der Waals surface area contributed by atoms with Crippen LogP contribution in [0.2, 0.25) is 5.02 Å². The van der Waals surface area contributed by atoms with Gasteiger partial charge in [-0.1, -0.05) is 31.5 Å². The van der Waals surface area contributed by atoms with Crippen molar-refractivity contribution in [1.29, 1.82) is 0 Å². The summed E-state index contributed by atoms with van der Waals surface area (Å²) in [6.07, 6.45) is 3.23. The molecule has 4 rings (SSSR count). The van der Waals surface area contributed by atoms with Gasteiger partial charge in [-0.25, -0.2) is 9.37 Å². The summed E-state index contributed by atoms with van der Waals surface area (Å²) in [5.41, 5.74) is 1.26. The van der Waals surface area contributed by atoms with E-state index in [9.17, 15) is 12.8 Å². The topological polar surface area (TPSA) is 73.2 Å². The molecule has 252 valence electrons. The molecule has 1 heterocycles. The second-order valence-electron chi connectivity index (χ2n) is 12.1. The smallest absolute Gasteiger partial charge is 0.123 e. The Hall–Kier alpha value is -2.26. The van der Waals surface area contributed by atoms with E-state index in [1.807, 2.05) is 30.5 Å². The number of sulfonamides is 1. The van der Waals surface area contributed by atoms with E-state index in [2.05, 4.69) is 24.5 Å². The number of methoxy groups -OCH3 is 1. The number of rotatable bonds is 14. The maximum absolute atomic E-state index is 15.3. The van der Waals surface area contributed by atoms with Crippen LogP contribution in [0.25, 0.3) is 5.69 Å². The van der Waals surface area contributed by atoms with Crippen LogP contribution >= 0.6 is 23.4 Å². The molecule has 0 amide bonds. The van der Waals surface area contributed by atoms with E-state index in [-0.39, 0.29) is 17.9 Å². The summed E-state index contributed by atoms with van der Waals surface area (Å²) in [5.74, 6) is -2.02. The van der Waals surface area contributed by atoms with Gasteiger partial charge in [0.25, 0.3) is 0 Å². The number of unbranched alkanes of at least 4 members (excludes halogenated alkanes) is 1. The first kappa shape index (κ1) is 36.6. The Morgan fingerprint density at radius 3 is 2.26 bits per heavy atom. The number of hydrogen-bond acceptors (Lipinski definition) is 5. The van der Waals surface area contributed by atoms with Gasteiger partial charge in [-0.15, -0.1) is 0 Å². The maximum Gasteiger partial charge on any atom is 0.123 e. The van der Waals surface area contributed by atoms with Gasteiger partial charge < -0.3 is 4.74 Å². The molecule has 3 aromatic carbocycles.